The number of carbonyl (C=O) groups excluding carboxylic acids is 1. The van der Waals surface area contributed by atoms with E-state index in [9.17, 15) is 13.2 Å². The topological polar surface area (TPSA) is 110 Å². The van der Waals surface area contributed by atoms with E-state index in [1.165, 1.54) is 36.8 Å². The van der Waals surface area contributed by atoms with Crippen LogP contribution in [0.3, 0.4) is 0 Å². The number of nitrogens with zero attached hydrogens (tertiary/aromatic N) is 2. The fraction of sp³-hybridized carbons (Fsp3) is 0.118. The molecule has 2 aromatic heterocycles. The summed E-state index contributed by atoms with van der Waals surface area (Å²) in [6.07, 6.45) is 3.15. The first kappa shape index (κ1) is 20.2. The summed E-state index contributed by atoms with van der Waals surface area (Å²) in [5.41, 5.74) is 2.37. The van der Waals surface area contributed by atoms with Gasteiger partial charge in [-0.05, 0) is 52.2 Å². The predicted octanol–water partition coefficient (Wildman–Crippen LogP) is 3.80. The van der Waals surface area contributed by atoms with Gasteiger partial charge in [0.1, 0.15) is 0 Å². The van der Waals surface area contributed by atoms with Crippen molar-refractivity contribution in [1.82, 2.24) is 14.7 Å². The Bertz CT molecular complexity index is 1110. The molecule has 0 atom stereocenters. The van der Waals surface area contributed by atoms with E-state index in [0.717, 1.165) is 16.7 Å². The van der Waals surface area contributed by atoms with Crippen LogP contribution in [0.25, 0.3) is 11.1 Å². The number of hydrogen-bond acceptors (Lipinski definition) is 7. The molecular formula is C17H15BrN4O4S2. The number of hydrogen-bond donors (Lipinski definition) is 2. The van der Waals surface area contributed by atoms with E-state index in [0.29, 0.717) is 9.67 Å². The number of methoxy groups -OCH3 is 1. The van der Waals surface area contributed by atoms with Gasteiger partial charge in [-0.1, -0.05) is 17.4 Å². The third-order valence-electron chi connectivity index (χ3n) is 3.69. The molecule has 146 valence electrons. The van der Waals surface area contributed by atoms with E-state index in [1.54, 1.807) is 25.3 Å². The molecule has 0 saturated heterocycles. The van der Waals surface area contributed by atoms with Crippen molar-refractivity contribution < 1.29 is 17.9 Å². The molecule has 2 N–H and O–H groups in total. The van der Waals surface area contributed by atoms with E-state index in [-0.39, 0.29) is 10.0 Å². The van der Waals surface area contributed by atoms with Crippen LogP contribution in [0.5, 0.6) is 5.88 Å². The van der Waals surface area contributed by atoms with Gasteiger partial charge in [-0.2, -0.15) is 0 Å². The number of halogens is 1. The number of carbonyl (C=O) groups is 1. The van der Waals surface area contributed by atoms with Gasteiger partial charge < -0.3 is 4.74 Å². The standard InChI is InChI=1S/C17H15BrN4O4S2/c1-10-7-12(4-5-13(10)11-3-6-15(26-2)19-8-11)28(24,25)22-16(23)21-17-20-9-14(18)27-17/h3-9H,1-2H3,(H2,20,21,22,23). The summed E-state index contributed by atoms with van der Waals surface area (Å²) < 4.78 is 32.7. The van der Waals surface area contributed by atoms with E-state index >= 15 is 0 Å². The molecule has 0 aliphatic heterocycles. The molecule has 8 nitrogen and oxygen atoms in total. The van der Waals surface area contributed by atoms with E-state index in [2.05, 4.69) is 31.2 Å². The summed E-state index contributed by atoms with van der Waals surface area (Å²) in [6.45, 7) is 1.78. The maximum atomic E-state index is 12.5. The highest BCUT2D eigenvalue weighted by molar-refractivity contribution is 9.11. The van der Waals surface area contributed by atoms with Gasteiger partial charge in [-0.15, -0.1) is 0 Å². The molecule has 11 heteroatoms. The average Bonchev–Trinajstić information content (AvgIpc) is 3.05. The summed E-state index contributed by atoms with van der Waals surface area (Å²) in [5.74, 6) is 0.489. The summed E-state index contributed by atoms with van der Waals surface area (Å²) in [6, 6.07) is 7.27. The highest BCUT2D eigenvalue weighted by atomic mass is 79.9. The lowest BCUT2D eigenvalue weighted by Gasteiger charge is -2.11. The van der Waals surface area contributed by atoms with Crippen LogP contribution in [0, 0.1) is 6.92 Å². The Balaban J connectivity index is 1.78. The lowest BCUT2D eigenvalue weighted by Crippen LogP contribution is -2.34. The number of nitrogens with one attached hydrogen (secondary N) is 2. The fourth-order valence-corrected chi connectivity index (χ4v) is 4.50. The molecule has 0 unspecified atom stereocenters. The minimum atomic E-state index is -4.04. The molecule has 3 rings (SSSR count). The Labute approximate surface area is 174 Å². The minimum absolute atomic E-state index is 0.0225. The Morgan fingerprint density at radius 3 is 2.54 bits per heavy atom. The van der Waals surface area contributed by atoms with Crippen molar-refractivity contribution in [2.24, 2.45) is 0 Å². The van der Waals surface area contributed by atoms with Crippen molar-refractivity contribution in [3.8, 4) is 17.0 Å². The molecule has 0 bridgehead atoms. The largest absolute Gasteiger partial charge is 0.481 e. The zero-order valence-electron chi connectivity index (χ0n) is 14.8. The zero-order chi connectivity index (χ0) is 20.3. The number of pyridine rings is 1. The second kappa shape index (κ2) is 8.25. The smallest absolute Gasteiger partial charge is 0.334 e. The van der Waals surface area contributed by atoms with Gasteiger partial charge in [-0.25, -0.2) is 27.9 Å². The molecule has 0 aliphatic carbocycles. The number of aromatic nitrogens is 2. The van der Waals surface area contributed by atoms with Crippen LogP contribution in [0.2, 0.25) is 0 Å². The number of ether oxygens (including phenoxy) is 1. The third-order valence-corrected chi connectivity index (χ3v) is 6.41. The lowest BCUT2D eigenvalue weighted by atomic mass is 10.0. The Kier molecular flexibility index (Phi) is 5.96. The Morgan fingerprint density at radius 2 is 1.96 bits per heavy atom. The SMILES string of the molecule is COc1ccc(-c2ccc(S(=O)(=O)NC(=O)Nc3ncc(Br)s3)cc2C)cn1. The molecule has 0 spiro atoms. The Hall–Kier alpha value is -2.50. The van der Waals surface area contributed by atoms with Crippen LogP contribution in [0.15, 0.2) is 51.4 Å². The maximum Gasteiger partial charge on any atom is 0.334 e. The van der Waals surface area contributed by atoms with Crippen LogP contribution >= 0.6 is 27.3 Å². The van der Waals surface area contributed by atoms with E-state index < -0.39 is 16.1 Å². The number of benzene rings is 1. The lowest BCUT2D eigenvalue weighted by molar-refractivity contribution is 0.256. The van der Waals surface area contributed by atoms with Crippen LogP contribution in [-0.4, -0.2) is 31.5 Å². The number of sulfonamides is 1. The summed E-state index contributed by atoms with van der Waals surface area (Å²) in [5, 5.41) is 2.66. The van der Waals surface area contributed by atoms with Gasteiger partial charge in [0, 0.05) is 17.8 Å². The molecule has 0 radical (unpaired) electrons. The van der Waals surface area contributed by atoms with Crippen molar-refractivity contribution >= 4 is 48.5 Å². The molecule has 1 aromatic carbocycles. The zero-order valence-corrected chi connectivity index (χ0v) is 18.0. The highest BCUT2D eigenvalue weighted by Crippen LogP contribution is 2.26. The first-order chi connectivity index (χ1) is 13.3. The first-order valence-corrected chi connectivity index (χ1v) is 10.9. The monoisotopic (exact) mass is 482 g/mol. The van der Waals surface area contributed by atoms with Gasteiger partial charge >= 0.3 is 6.03 Å². The van der Waals surface area contributed by atoms with Crippen molar-refractivity contribution in [2.75, 3.05) is 12.4 Å². The van der Waals surface area contributed by atoms with Gasteiger partial charge in [0.2, 0.25) is 5.88 Å². The van der Waals surface area contributed by atoms with Crippen molar-refractivity contribution in [3.05, 3.63) is 52.1 Å². The molecule has 0 aliphatic rings. The number of aryl methyl sites for hydroxylation is 1. The summed E-state index contributed by atoms with van der Waals surface area (Å²) >= 11 is 4.38. The first-order valence-electron chi connectivity index (χ1n) is 7.84. The third kappa shape index (κ3) is 4.66. The van der Waals surface area contributed by atoms with Crippen molar-refractivity contribution in [3.63, 3.8) is 0 Å². The van der Waals surface area contributed by atoms with Crippen molar-refractivity contribution in [2.45, 2.75) is 11.8 Å². The Morgan fingerprint density at radius 1 is 1.18 bits per heavy atom. The van der Waals surface area contributed by atoms with Crippen LogP contribution in [0.1, 0.15) is 5.56 Å². The quantitative estimate of drug-likeness (QED) is 0.572. The second-order valence-corrected chi connectivity index (χ2v) is 9.69. The average molecular weight is 483 g/mol. The number of amides is 2. The summed E-state index contributed by atoms with van der Waals surface area (Å²) in [4.78, 5) is 20.0. The molecule has 28 heavy (non-hydrogen) atoms. The molecule has 2 amide bonds. The number of anilines is 1. The van der Waals surface area contributed by atoms with Crippen molar-refractivity contribution in [1.29, 1.82) is 0 Å². The fourth-order valence-electron chi connectivity index (χ4n) is 2.40. The molecular weight excluding hydrogens is 468 g/mol. The van der Waals surface area contributed by atoms with Gasteiger partial charge in [0.05, 0.1) is 22.0 Å². The van der Waals surface area contributed by atoms with Crippen LogP contribution in [-0.2, 0) is 10.0 Å². The molecule has 3 aromatic rings. The van der Waals surface area contributed by atoms with Crippen LogP contribution < -0.4 is 14.8 Å². The maximum absolute atomic E-state index is 12.5. The summed E-state index contributed by atoms with van der Waals surface area (Å²) in [7, 11) is -2.51. The second-order valence-electron chi connectivity index (χ2n) is 5.60. The van der Waals surface area contributed by atoms with Crippen LogP contribution in [0.4, 0.5) is 9.93 Å². The number of urea groups is 1. The molecule has 0 fully saturated rings. The normalized spacial score (nSPS) is 11.1. The van der Waals surface area contributed by atoms with E-state index in [1.807, 2.05) is 10.8 Å². The van der Waals surface area contributed by atoms with Gasteiger partial charge in [-0.3, -0.25) is 5.32 Å². The molecule has 2 heterocycles. The minimum Gasteiger partial charge on any atom is -0.481 e. The predicted molar refractivity (Wildman–Crippen MR) is 110 cm³/mol. The van der Waals surface area contributed by atoms with Gasteiger partial charge in [0.25, 0.3) is 10.0 Å². The van der Waals surface area contributed by atoms with E-state index in [4.69, 9.17) is 4.74 Å². The number of rotatable bonds is 5. The van der Waals surface area contributed by atoms with Gasteiger partial charge in [0.15, 0.2) is 5.13 Å². The number of thiazole rings is 1. The highest BCUT2D eigenvalue weighted by Gasteiger charge is 2.19. The molecule has 0 saturated carbocycles.